The van der Waals surface area contributed by atoms with Crippen LogP contribution >= 0.6 is 12.2 Å². The van der Waals surface area contributed by atoms with Gasteiger partial charge in [-0.05, 0) is 31.0 Å². The molecule has 1 fully saturated rings. The van der Waals surface area contributed by atoms with Crippen LogP contribution in [0.25, 0.3) is 0 Å². The monoisotopic (exact) mass is 235 g/mol. The number of nitrogens with one attached hydrogen (secondary N) is 1. The van der Waals surface area contributed by atoms with Crippen molar-refractivity contribution in [3.8, 4) is 6.07 Å². The van der Waals surface area contributed by atoms with Gasteiger partial charge >= 0.3 is 0 Å². The summed E-state index contributed by atoms with van der Waals surface area (Å²) in [6.07, 6.45) is 5.57. The first-order chi connectivity index (χ1) is 7.72. The summed E-state index contributed by atoms with van der Waals surface area (Å²) in [7, 11) is 0. The number of nitriles is 1. The van der Waals surface area contributed by atoms with E-state index in [-0.39, 0.29) is 16.9 Å². The lowest BCUT2D eigenvalue weighted by Gasteiger charge is -2.27. The Bertz CT molecular complexity index is 391. The predicted octanol–water partition coefficient (Wildman–Crippen LogP) is 1.56. The number of rotatable bonds is 1. The molecule has 0 aromatic carbocycles. The second-order valence-electron chi connectivity index (χ2n) is 4.23. The van der Waals surface area contributed by atoms with Crippen molar-refractivity contribution in [1.29, 1.82) is 5.26 Å². The Hall–Kier alpha value is -1.28. The molecule has 0 unspecified atom stereocenters. The highest BCUT2D eigenvalue weighted by Crippen LogP contribution is 2.28. The van der Waals surface area contributed by atoms with Gasteiger partial charge in [-0.25, -0.2) is 4.99 Å². The third-order valence-corrected chi connectivity index (χ3v) is 3.36. The van der Waals surface area contributed by atoms with Gasteiger partial charge in [-0.1, -0.05) is 19.3 Å². The quantitative estimate of drug-likeness (QED) is 0.701. The molecule has 4 nitrogen and oxygen atoms in total. The van der Waals surface area contributed by atoms with E-state index in [1.54, 1.807) is 0 Å². The number of nitrogens with zero attached hydrogens (tertiary/aromatic N) is 2. The van der Waals surface area contributed by atoms with Gasteiger partial charge in [0.1, 0.15) is 0 Å². The molecule has 0 aromatic rings. The molecule has 1 N–H and O–H groups in total. The van der Waals surface area contributed by atoms with Crippen molar-refractivity contribution >= 4 is 28.9 Å². The third-order valence-electron chi connectivity index (χ3n) is 3.17. The highest BCUT2D eigenvalue weighted by molar-refractivity contribution is 7.80. The summed E-state index contributed by atoms with van der Waals surface area (Å²) < 4.78 is 0. The van der Waals surface area contributed by atoms with Crippen LogP contribution in [0, 0.1) is 23.2 Å². The number of thiocarbonyl (C=S) groups is 1. The largest absolute Gasteiger partial charge is 0.300 e. The minimum Gasteiger partial charge on any atom is -0.300 e. The maximum Gasteiger partial charge on any atom is 0.249 e. The fourth-order valence-electron chi connectivity index (χ4n) is 2.37. The van der Waals surface area contributed by atoms with Gasteiger partial charge in [-0.2, -0.15) is 5.26 Å². The maximum absolute atomic E-state index is 11.6. The van der Waals surface area contributed by atoms with Crippen molar-refractivity contribution in [3.05, 3.63) is 0 Å². The Kier molecular flexibility index (Phi) is 3.30. The van der Waals surface area contributed by atoms with Crippen LogP contribution in [0.3, 0.4) is 0 Å². The lowest BCUT2D eigenvalue weighted by atomic mass is 9.80. The fourth-order valence-corrected chi connectivity index (χ4v) is 2.58. The standard InChI is InChI=1S/C11H13N3OS/c12-6-8-9(7-4-2-1-3-5-7)13-11(16)14-10(8)15/h7-8H,1-5H2,(H,14,15,16)/t8-/m1/s1. The van der Waals surface area contributed by atoms with Crippen molar-refractivity contribution in [3.63, 3.8) is 0 Å². The van der Waals surface area contributed by atoms with E-state index in [4.69, 9.17) is 17.5 Å². The van der Waals surface area contributed by atoms with Crippen molar-refractivity contribution < 1.29 is 4.79 Å². The van der Waals surface area contributed by atoms with Crippen LogP contribution in [0.1, 0.15) is 32.1 Å². The summed E-state index contributed by atoms with van der Waals surface area (Å²) >= 11 is 4.90. The molecule has 1 amide bonds. The molecule has 84 valence electrons. The first kappa shape index (κ1) is 11.2. The topological polar surface area (TPSA) is 65.2 Å². The van der Waals surface area contributed by atoms with E-state index in [0.717, 1.165) is 25.7 Å². The van der Waals surface area contributed by atoms with Crippen molar-refractivity contribution in [2.24, 2.45) is 16.8 Å². The molecule has 2 aliphatic rings. The number of amides is 1. The molecular weight excluding hydrogens is 222 g/mol. The second-order valence-corrected chi connectivity index (χ2v) is 4.61. The van der Waals surface area contributed by atoms with Crippen LogP contribution in [0.15, 0.2) is 4.99 Å². The SMILES string of the molecule is N#C[C@H]1C(=O)NC(=S)N=C1C1CCCCC1. The van der Waals surface area contributed by atoms with E-state index in [0.29, 0.717) is 5.71 Å². The van der Waals surface area contributed by atoms with Crippen molar-refractivity contribution in [2.45, 2.75) is 32.1 Å². The Morgan fingerprint density at radius 3 is 2.69 bits per heavy atom. The first-order valence-electron chi connectivity index (χ1n) is 5.55. The van der Waals surface area contributed by atoms with E-state index < -0.39 is 5.92 Å². The van der Waals surface area contributed by atoms with Crippen LogP contribution in [0.4, 0.5) is 0 Å². The molecule has 0 aromatic heterocycles. The zero-order valence-corrected chi connectivity index (χ0v) is 9.72. The smallest absolute Gasteiger partial charge is 0.249 e. The average molecular weight is 235 g/mol. The van der Waals surface area contributed by atoms with E-state index in [1.165, 1.54) is 6.42 Å². The summed E-state index contributed by atoms with van der Waals surface area (Å²) in [5.41, 5.74) is 0.691. The van der Waals surface area contributed by atoms with Crippen LogP contribution in [-0.4, -0.2) is 16.7 Å². The van der Waals surface area contributed by atoms with E-state index >= 15 is 0 Å². The normalized spacial score (nSPS) is 26.9. The van der Waals surface area contributed by atoms with Crippen molar-refractivity contribution in [2.75, 3.05) is 0 Å². The van der Waals surface area contributed by atoms with Gasteiger partial charge in [0.2, 0.25) is 5.91 Å². The molecule has 0 saturated heterocycles. The summed E-state index contributed by atoms with van der Waals surface area (Å²) in [5, 5.41) is 11.7. The molecule has 1 heterocycles. The maximum atomic E-state index is 11.6. The molecule has 2 rings (SSSR count). The molecule has 1 aliphatic heterocycles. The number of carbonyl (C=O) groups is 1. The van der Waals surface area contributed by atoms with Gasteiger partial charge < -0.3 is 0 Å². The van der Waals surface area contributed by atoms with Crippen molar-refractivity contribution in [1.82, 2.24) is 5.32 Å². The van der Waals surface area contributed by atoms with E-state index in [9.17, 15) is 4.79 Å². The molecule has 5 heteroatoms. The third kappa shape index (κ3) is 2.12. The van der Waals surface area contributed by atoms with Gasteiger partial charge in [-0.15, -0.1) is 0 Å². The number of hydrogen-bond acceptors (Lipinski definition) is 3. The summed E-state index contributed by atoms with van der Waals surface area (Å²) in [6, 6.07) is 2.02. The minimum absolute atomic E-state index is 0.206. The average Bonchev–Trinajstić information content (AvgIpc) is 2.29. The van der Waals surface area contributed by atoms with E-state index in [1.807, 2.05) is 6.07 Å². The Morgan fingerprint density at radius 2 is 2.06 bits per heavy atom. The number of carbonyl (C=O) groups excluding carboxylic acids is 1. The summed E-state index contributed by atoms with van der Waals surface area (Å²) in [6.45, 7) is 0. The molecule has 0 spiro atoms. The summed E-state index contributed by atoms with van der Waals surface area (Å²) in [5.74, 6) is -0.791. The lowest BCUT2D eigenvalue weighted by Crippen LogP contribution is -2.45. The fraction of sp³-hybridized carbons (Fsp3) is 0.636. The van der Waals surface area contributed by atoms with Gasteiger partial charge in [0.15, 0.2) is 11.0 Å². The predicted molar refractivity (Wildman–Crippen MR) is 63.9 cm³/mol. The van der Waals surface area contributed by atoms with Crippen LogP contribution in [0.2, 0.25) is 0 Å². The van der Waals surface area contributed by atoms with Gasteiger partial charge in [-0.3, -0.25) is 10.1 Å². The zero-order valence-electron chi connectivity index (χ0n) is 8.90. The van der Waals surface area contributed by atoms with Gasteiger partial charge in [0.25, 0.3) is 0 Å². The number of hydrogen-bond donors (Lipinski definition) is 1. The van der Waals surface area contributed by atoms with Gasteiger partial charge in [0.05, 0.1) is 11.8 Å². The molecule has 0 bridgehead atoms. The second kappa shape index (κ2) is 4.71. The summed E-state index contributed by atoms with van der Waals surface area (Å²) in [4.78, 5) is 15.8. The lowest BCUT2D eigenvalue weighted by molar-refractivity contribution is -0.120. The van der Waals surface area contributed by atoms with Crippen LogP contribution in [0.5, 0.6) is 0 Å². The highest BCUT2D eigenvalue weighted by atomic mass is 32.1. The Balaban J connectivity index is 2.25. The molecule has 1 saturated carbocycles. The Labute approximate surface area is 99.7 Å². The van der Waals surface area contributed by atoms with Gasteiger partial charge in [0, 0.05) is 0 Å². The molecular formula is C11H13N3OS. The zero-order chi connectivity index (χ0) is 11.5. The van der Waals surface area contributed by atoms with Crippen LogP contribution < -0.4 is 5.32 Å². The highest BCUT2D eigenvalue weighted by Gasteiger charge is 2.34. The minimum atomic E-state index is -0.741. The number of aliphatic imine (C=N–C) groups is 1. The Morgan fingerprint density at radius 1 is 1.38 bits per heavy atom. The van der Waals surface area contributed by atoms with E-state index in [2.05, 4.69) is 10.3 Å². The van der Waals surface area contributed by atoms with Crippen LogP contribution in [-0.2, 0) is 4.79 Å². The molecule has 0 radical (unpaired) electrons. The molecule has 16 heavy (non-hydrogen) atoms. The first-order valence-corrected chi connectivity index (χ1v) is 5.96. The molecule has 1 aliphatic carbocycles. The molecule has 1 atom stereocenters.